The van der Waals surface area contributed by atoms with Crippen LogP contribution in [0.2, 0.25) is 0 Å². The van der Waals surface area contributed by atoms with Crippen LogP contribution in [0, 0.1) is 0 Å². The van der Waals surface area contributed by atoms with Crippen LogP contribution in [0.25, 0.3) is 0 Å². The summed E-state index contributed by atoms with van der Waals surface area (Å²) in [6, 6.07) is 0. The molecule has 1 unspecified atom stereocenters. The van der Waals surface area contributed by atoms with Gasteiger partial charge in [0, 0.05) is 0 Å². The zero-order valence-electron chi connectivity index (χ0n) is 8.24. The second-order valence-electron chi connectivity index (χ2n) is 3.41. The molecule has 0 spiro atoms. The van der Waals surface area contributed by atoms with E-state index in [2.05, 4.69) is 6.92 Å². The molecular formula is C9H19Cl2FSi. The van der Waals surface area contributed by atoms with E-state index in [4.69, 9.17) is 22.2 Å². The third kappa shape index (κ3) is 9.04. The fourth-order valence-corrected chi connectivity index (χ4v) is 2.49. The number of halogens is 3. The normalized spacial score (nSPS) is 13.6. The Morgan fingerprint density at radius 2 is 1.62 bits per heavy atom. The zero-order valence-corrected chi connectivity index (χ0v) is 10.9. The van der Waals surface area contributed by atoms with Gasteiger partial charge in [0.2, 0.25) is 0 Å². The molecule has 0 aromatic rings. The van der Waals surface area contributed by atoms with Gasteiger partial charge in [-0.1, -0.05) is 45.4 Å². The maximum Gasteiger partial charge on any atom is 0.270 e. The molecular weight excluding hydrogens is 226 g/mol. The van der Waals surface area contributed by atoms with E-state index in [0.717, 1.165) is 12.8 Å². The molecule has 0 radical (unpaired) electrons. The summed E-state index contributed by atoms with van der Waals surface area (Å²) in [4.78, 5) is 0. The lowest BCUT2D eigenvalue weighted by Gasteiger charge is -2.06. The minimum absolute atomic E-state index is 0.565. The van der Waals surface area contributed by atoms with E-state index in [1.165, 1.54) is 25.7 Å². The van der Waals surface area contributed by atoms with Crippen molar-refractivity contribution in [3.05, 3.63) is 0 Å². The topological polar surface area (TPSA) is 0 Å². The molecule has 0 saturated heterocycles. The standard InChI is InChI=1S/C9H19Cl2FSi/c1-2-3-4-5-6-7-8-9(12)13(10)11/h9,13H,2-8H2,1H3. The van der Waals surface area contributed by atoms with Crippen LogP contribution in [0.15, 0.2) is 0 Å². The Morgan fingerprint density at radius 3 is 2.15 bits per heavy atom. The SMILES string of the molecule is CCCCCCCCC(F)[SiH](Cl)Cl. The van der Waals surface area contributed by atoms with E-state index in [1.807, 2.05) is 0 Å². The molecule has 1 atom stereocenters. The number of hydrogen-bond acceptors (Lipinski definition) is 0. The maximum absolute atomic E-state index is 12.9. The van der Waals surface area contributed by atoms with Crippen LogP contribution in [0.3, 0.4) is 0 Å². The predicted molar refractivity (Wildman–Crippen MR) is 61.7 cm³/mol. The summed E-state index contributed by atoms with van der Waals surface area (Å²) in [6.45, 7) is 2.19. The zero-order chi connectivity index (χ0) is 10.1. The van der Waals surface area contributed by atoms with Crippen molar-refractivity contribution >= 4 is 29.6 Å². The smallest absolute Gasteiger partial charge is 0.249 e. The fraction of sp³-hybridized carbons (Fsp3) is 1.00. The van der Waals surface area contributed by atoms with Crippen molar-refractivity contribution in [1.29, 1.82) is 0 Å². The van der Waals surface area contributed by atoms with Crippen LogP contribution in [0.4, 0.5) is 4.39 Å². The molecule has 4 heteroatoms. The molecule has 0 aromatic carbocycles. The molecule has 0 bridgehead atoms. The number of rotatable bonds is 8. The summed E-state index contributed by atoms with van der Waals surface area (Å²) in [6.07, 6.45) is 7.66. The monoisotopic (exact) mass is 244 g/mol. The van der Waals surface area contributed by atoms with Crippen molar-refractivity contribution in [3.63, 3.8) is 0 Å². The first-order valence-corrected chi connectivity index (χ1v) is 9.26. The molecule has 0 rings (SSSR count). The lowest BCUT2D eigenvalue weighted by atomic mass is 10.1. The molecule has 0 amide bonds. The van der Waals surface area contributed by atoms with Gasteiger partial charge in [-0.25, -0.2) is 4.39 Å². The van der Waals surface area contributed by atoms with Gasteiger partial charge in [-0.3, -0.25) is 0 Å². The van der Waals surface area contributed by atoms with Gasteiger partial charge in [0.1, 0.15) is 5.79 Å². The maximum atomic E-state index is 12.9. The molecule has 0 fully saturated rings. The van der Waals surface area contributed by atoms with Crippen LogP contribution >= 0.6 is 22.2 Å². The lowest BCUT2D eigenvalue weighted by molar-refractivity contribution is 0.399. The highest BCUT2D eigenvalue weighted by Gasteiger charge is 2.16. The molecule has 0 aliphatic heterocycles. The summed E-state index contributed by atoms with van der Waals surface area (Å²) in [5.41, 5.74) is 0. The van der Waals surface area contributed by atoms with Crippen LogP contribution in [0.5, 0.6) is 0 Å². The van der Waals surface area contributed by atoms with Crippen molar-refractivity contribution < 1.29 is 4.39 Å². The number of alkyl halides is 1. The average Bonchev–Trinajstić information content (AvgIpc) is 2.10. The summed E-state index contributed by atoms with van der Waals surface area (Å²) in [5, 5.41) is 0. The summed E-state index contributed by atoms with van der Waals surface area (Å²) >= 11 is 11.0. The van der Waals surface area contributed by atoms with E-state index >= 15 is 0 Å². The first kappa shape index (κ1) is 13.7. The van der Waals surface area contributed by atoms with Crippen LogP contribution in [-0.4, -0.2) is 13.2 Å². The van der Waals surface area contributed by atoms with Crippen molar-refractivity contribution in [2.45, 2.75) is 57.7 Å². The number of hydrogen-bond donors (Lipinski definition) is 0. The molecule has 0 nitrogen and oxygen atoms in total. The molecule has 0 heterocycles. The Balaban J connectivity index is 3.07. The van der Waals surface area contributed by atoms with Crippen molar-refractivity contribution in [3.8, 4) is 0 Å². The Labute approximate surface area is 91.8 Å². The molecule has 0 aromatic heterocycles. The predicted octanol–water partition coefficient (Wildman–Crippen LogP) is 4.31. The summed E-state index contributed by atoms with van der Waals surface area (Å²) in [5.74, 6) is -0.908. The molecule has 0 N–H and O–H groups in total. The fourth-order valence-electron chi connectivity index (χ4n) is 1.25. The summed E-state index contributed by atoms with van der Waals surface area (Å²) < 4.78 is 12.9. The first-order chi connectivity index (χ1) is 6.18. The minimum Gasteiger partial charge on any atom is -0.249 e. The van der Waals surface area contributed by atoms with Crippen LogP contribution in [-0.2, 0) is 0 Å². The van der Waals surface area contributed by atoms with Crippen molar-refractivity contribution in [1.82, 2.24) is 0 Å². The first-order valence-electron chi connectivity index (χ1n) is 5.10. The molecule has 0 saturated carbocycles. The quantitative estimate of drug-likeness (QED) is 0.339. The van der Waals surface area contributed by atoms with Gasteiger partial charge in [0.25, 0.3) is 7.42 Å². The highest BCUT2D eigenvalue weighted by molar-refractivity contribution is 7.34. The lowest BCUT2D eigenvalue weighted by Crippen LogP contribution is -2.14. The van der Waals surface area contributed by atoms with Gasteiger partial charge < -0.3 is 0 Å². The highest BCUT2D eigenvalue weighted by Crippen LogP contribution is 2.15. The van der Waals surface area contributed by atoms with Crippen molar-refractivity contribution in [2.24, 2.45) is 0 Å². The third-order valence-corrected chi connectivity index (χ3v) is 4.63. The Bertz CT molecular complexity index is 112. The van der Waals surface area contributed by atoms with Gasteiger partial charge >= 0.3 is 0 Å². The van der Waals surface area contributed by atoms with Crippen LogP contribution < -0.4 is 0 Å². The molecule has 80 valence electrons. The molecule has 0 aliphatic rings. The molecule has 0 aliphatic carbocycles. The number of unbranched alkanes of at least 4 members (excludes halogenated alkanes) is 5. The van der Waals surface area contributed by atoms with E-state index in [-0.39, 0.29) is 0 Å². The average molecular weight is 245 g/mol. The van der Waals surface area contributed by atoms with Gasteiger partial charge in [-0.05, 0) is 6.42 Å². The van der Waals surface area contributed by atoms with Crippen molar-refractivity contribution in [2.75, 3.05) is 0 Å². The van der Waals surface area contributed by atoms with Gasteiger partial charge in [-0.15, -0.1) is 22.2 Å². The second-order valence-corrected chi connectivity index (χ2v) is 8.29. The van der Waals surface area contributed by atoms with Gasteiger partial charge in [0.15, 0.2) is 0 Å². The Kier molecular flexibility index (Phi) is 9.81. The highest BCUT2D eigenvalue weighted by atomic mass is 35.7. The third-order valence-electron chi connectivity index (χ3n) is 2.11. The minimum atomic E-state index is -2.05. The van der Waals surface area contributed by atoms with E-state index in [1.54, 1.807) is 0 Å². The summed E-state index contributed by atoms with van der Waals surface area (Å²) in [7, 11) is -2.05. The molecule has 13 heavy (non-hydrogen) atoms. The van der Waals surface area contributed by atoms with E-state index < -0.39 is 13.2 Å². The van der Waals surface area contributed by atoms with Gasteiger partial charge in [-0.2, -0.15) is 0 Å². The van der Waals surface area contributed by atoms with E-state index in [0.29, 0.717) is 6.42 Å². The Morgan fingerprint density at radius 1 is 1.08 bits per heavy atom. The van der Waals surface area contributed by atoms with Crippen LogP contribution in [0.1, 0.15) is 51.9 Å². The largest absolute Gasteiger partial charge is 0.270 e. The second kappa shape index (κ2) is 9.29. The van der Waals surface area contributed by atoms with Gasteiger partial charge in [0.05, 0.1) is 0 Å². The Hall–Kier alpha value is 0.727. The van der Waals surface area contributed by atoms with E-state index in [9.17, 15) is 4.39 Å².